The fourth-order valence-electron chi connectivity index (χ4n) is 6.97. The highest BCUT2D eigenvalue weighted by Crippen LogP contribution is 2.17. The Labute approximate surface area is 367 Å². The minimum atomic E-state index is 0.0178. The summed E-state index contributed by atoms with van der Waals surface area (Å²) in [5.74, 6) is 1.66. The molecule has 0 heterocycles. The zero-order valence-corrected chi connectivity index (χ0v) is 39.1. The summed E-state index contributed by atoms with van der Waals surface area (Å²) in [6, 6.07) is 15.2. The summed E-state index contributed by atoms with van der Waals surface area (Å²) < 4.78 is 12.1. The minimum Gasteiger partial charge on any atom is -0.494 e. The summed E-state index contributed by atoms with van der Waals surface area (Å²) in [6.07, 6.45) is 23.2. The van der Waals surface area contributed by atoms with Crippen LogP contribution in [-0.2, 0) is 0 Å². The van der Waals surface area contributed by atoms with Crippen molar-refractivity contribution in [3.8, 4) is 11.5 Å². The number of allylic oxidation sites excluding steroid dienone is 4. The molecule has 2 rings (SSSR count). The van der Waals surface area contributed by atoms with Crippen molar-refractivity contribution < 1.29 is 19.1 Å². The van der Waals surface area contributed by atoms with Gasteiger partial charge in [0.25, 0.3) is 0 Å². The molecule has 338 valence electrons. The van der Waals surface area contributed by atoms with Gasteiger partial charge in [0.1, 0.15) is 11.5 Å². The van der Waals surface area contributed by atoms with Crippen LogP contribution in [0.3, 0.4) is 0 Å². The van der Waals surface area contributed by atoms with E-state index in [1.54, 1.807) is 12.2 Å². The van der Waals surface area contributed by atoms with Crippen molar-refractivity contribution in [2.24, 2.45) is 0 Å². The third-order valence-corrected chi connectivity index (χ3v) is 10.9. The number of carbonyl (C=O) groups is 2. The van der Waals surface area contributed by atoms with E-state index in [1.807, 2.05) is 48.5 Å². The maximum Gasteiger partial charge on any atom is 0.187 e. The maximum absolute atomic E-state index is 13.3. The van der Waals surface area contributed by atoms with Crippen molar-refractivity contribution in [3.63, 3.8) is 0 Å². The number of nitrogens with one attached hydrogen (secondary N) is 2. The predicted molar refractivity (Wildman–Crippen MR) is 255 cm³/mol. The summed E-state index contributed by atoms with van der Waals surface area (Å²) >= 11 is 0. The standard InChI is InChI=1S/C52H86N4O4/c1-7-13-23-47(43-51(57)45-25-29-49(30-26-45)59-41-21-39-55(35-15-9-3)36-16-10-4)53-33-19-20-34-54-48(24-14-8-2)44-52(58)46-27-31-50(32-28-46)60-42-22-40-56(37-17-11-5)38-18-12-6/h25-32,43-44,53-54H,7-24,33-42H2,1-6H3. The monoisotopic (exact) mass is 831 g/mol. The molecule has 0 aliphatic rings. The quantitative estimate of drug-likeness (QED) is 0.0392. The van der Waals surface area contributed by atoms with Crippen molar-refractivity contribution in [2.75, 3.05) is 65.6 Å². The van der Waals surface area contributed by atoms with Gasteiger partial charge in [0.15, 0.2) is 11.6 Å². The molecule has 0 atom stereocenters. The van der Waals surface area contributed by atoms with E-state index in [2.05, 4.69) is 62.0 Å². The molecule has 0 spiro atoms. The fraction of sp³-hybridized carbons (Fsp3) is 0.654. The second-order valence-electron chi connectivity index (χ2n) is 16.4. The molecule has 0 aromatic heterocycles. The fourth-order valence-corrected chi connectivity index (χ4v) is 6.97. The largest absolute Gasteiger partial charge is 0.494 e. The van der Waals surface area contributed by atoms with Gasteiger partial charge >= 0.3 is 0 Å². The Morgan fingerprint density at radius 3 is 1.08 bits per heavy atom. The van der Waals surface area contributed by atoms with Gasteiger partial charge in [-0.05, 0) is 152 Å². The van der Waals surface area contributed by atoms with Crippen molar-refractivity contribution in [1.29, 1.82) is 0 Å². The number of ketones is 2. The van der Waals surface area contributed by atoms with Crippen LogP contribution in [0.25, 0.3) is 0 Å². The van der Waals surface area contributed by atoms with E-state index >= 15 is 0 Å². The van der Waals surface area contributed by atoms with Gasteiger partial charge in [-0.3, -0.25) is 9.59 Å². The highest BCUT2D eigenvalue weighted by Gasteiger charge is 2.10. The first-order valence-corrected chi connectivity index (χ1v) is 24.2. The van der Waals surface area contributed by atoms with Crippen molar-refractivity contribution >= 4 is 11.6 Å². The Bertz CT molecular complexity index is 1310. The molecule has 0 aliphatic heterocycles. The first-order chi connectivity index (χ1) is 29.4. The lowest BCUT2D eigenvalue weighted by atomic mass is 10.1. The zero-order chi connectivity index (χ0) is 43.5. The third kappa shape index (κ3) is 24.6. The number of nitrogens with zero attached hydrogens (tertiary/aromatic N) is 2. The van der Waals surface area contributed by atoms with Gasteiger partial charge < -0.3 is 29.9 Å². The van der Waals surface area contributed by atoms with Crippen LogP contribution in [0, 0.1) is 0 Å². The highest BCUT2D eigenvalue weighted by molar-refractivity contribution is 6.05. The van der Waals surface area contributed by atoms with Gasteiger partial charge in [-0.25, -0.2) is 0 Å². The first kappa shape index (κ1) is 52.5. The van der Waals surface area contributed by atoms with Crippen molar-refractivity contribution in [1.82, 2.24) is 20.4 Å². The minimum absolute atomic E-state index is 0.0178. The maximum atomic E-state index is 13.3. The van der Waals surface area contributed by atoms with Crippen LogP contribution >= 0.6 is 0 Å². The number of rotatable bonds is 39. The van der Waals surface area contributed by atoms with Crippen LogP contribution in [0.15, 0.2) is 72.1 Å². The highest BCUT2D eigenvalue weighted by atomic mass is 16.5. The molecular formula is C52H86N4O4. The van der Waals surface area contributed by atoms with E-state index in [-0.39, 0.29) is 11.6 Å². The number of carbonyl (C=O) groups excluding carboxylic acids is 2. The van der Waals surface area contributed by atoms with Gasteiger partial charge in [-0.1, -0.05) is 80.1 Å². The molecule has 0 saturated carbocycles. The second kappa shape index (κ2) is 35.0. The topological polar surface area (TPSA) is 83.1 Å². The Morgan fingerprint density at radius 1 is 0.450 bits per heavy atom. The van der Waals surface area contributed by atoms with Gasteiger partial charge in [0.05, 0.1) is 13.2 Å². The van der Waals surface area contributed by atoms with Crippen LogP contribution in [0.1, 0.15) is 178 Å². The van der Waals surface area contributed by atoms with Gasteiger partial charge in [0.2, 0.25) is 0 Å². The van der Waals surface area contributed by atoms with E-state index < -0.39 is 0 Å². The molecule has 0 saturated heterocycles. The van der Waals surface area contributed by atoms with Crippen LogP contribution in [0.2, 0.25) is 0 Å². The molecule has 8 nitrogen and oxygen atoms in total. The Hall–Kier alpha value is -3.62. The smallest absolute Gasteiger partial charge is 0.187 e. The number of hydrogen-bond donors (Lipinski definition) is 2. The number of ether oxygens (including phenoxy) is 2. The average Bonchev–Trinajstić information content (AvgIpc) is 3.27. The molecule has 0 radical (unpaired) electrons. The summed E-state index contributed by atoms with van der Waals surface area (Å²) in [5, 5.41) is 7.11. The molecule has 0 bridgehead atoms. The molecule has 2 N–H and O–H groups in total. The lowest BCUT2D eigenvalue weighted by molar-refractivity contribution is 0.103. The Balaban J connectivity index is 1.81. The molecular weight excluding hydrogens is 745 g/mol. The average molecular weight is 831 g/mol. The van der Waals surface area contributed by atoms with E-state index in [0.29, 0.717) is 24.3 Å². The van der Waals surface area contributed by atoms with Gasteiger partial charge in [0, 0.05) is 60.9 Å². The van der Waals surface area contributed by atoms with E-state index in [9.17, 15) is 9.59 Å². The van der Waals surface area contributed by atoms with E-state index in [0.717, 1.165) is 113 Å². The third-order valence-electron chi connectivity index (χ3n) is 10.9. The molecule has 0 amide bonds. The van der Waals surface area contributed by atoms with Gasteiger partial charge in [-0.15, -0.1) is 0 Å². The molecule has 0 aliphatic carbocycles. The summed E-state index contributed by atoms with van der Waals surface area (Å²) in [4.78, 5) is 31.6. The molecule has 0 unspecified atom stereocenters. The summed E-state index contributed by atoms with van der Waals surface area (Å²) in [7, 11) is 0. The van der Waals surface area contributed by atoms with Crippen LogP contribution in [0.4, 0.5) is 0 Å². The molecule has 2 aromatic rings. The van der Waals surface area contributed by atoms with Gasteiger partial charge in [-0.2, -0.15) is 0 Å². The second-order valence-corrected chi connectivity index (χ2v) is 16.4. The Kier molecular flexibility index (Phi) is 30.7. The number of hydrogen-bond acceptors (Lipinski definition) is 8. The zero-order valence-electron chi connectivity index (χ0n) is 39.1. The predicted octanol–water partition coefficient (Wildman–Crippen LogP) is 12.2. The molecule has 8 heteroatoms. The lowest BCUT2D eigenvalue weighted by Gasteiger charge is -2.21. The Morgan fingerprint density at radius 2 is 0.767 bits per heavy atom. The van der Waals surface area contributed by atoms with Crippen molar-refractivity contribution in [2.45, 2.75) is 157 Å². The summed E-state index contributed by atoms with van der Waals surface area (Å²) in [5.41, 5.74) is 3.34. The molecule has 0 fully saturated rings. The first-order valence-electron chi connectivity index (χ1n) is 24.2. The molecule has 2 aromatic carbocycles. The summed E-state index contributed by atoms with van der Waals surface area (Å²) in [6.45, 7) is 23.1. The van der Waals surface area contributed by atoms with Crippen molar-refractivity contribution in [3.05, 3.63) is 83.2 Å². The van der Waals surface area contributed by atoms with E-state index in [1.165, 1.54) is 77.5 Å². The number of benzene rings is 2. The lowest BCUT2D eigenvalue weighted by Crippen LogP contribution is -2.28. The molecule has 60 heavy (non-hydrogen) atoms. The van der Waals surface area contributed by atoms with E-state index in [4.69, 9.17) is 9.47 Å². The van der Waals surface area contributed by atoms with Crippen LogP contribution in [-0.4, -0.2) is 86.9 Å². The normalized spacial score (nSPS) is 12.0. The number of unbranched alkanes of at least 4 members (excludes halogenated alkanes) is 7. The van der Waals surface area contributed by atoms with Crippen LogP contribution < -0.4 is 20.1 Å². The SMILES string of the molecule is CCCCC(=CC(=O)c1ccc(OCCCN(CCCC)CCCC)cc1)NCCCCNC(=CC(=O)c1ccc(OCCCN(CCCC)CCCC)cc1)CCCC. The van der Waals surface area contributed by atoms with Crippen LogP contribution in [0.5, 0.6) is 11.5 Å².